The van der Waals surface area contributed by atoms with Gasteiger partial charge in [0, 0.05) is 19.6 Å². The normalized spacial score (nSPS) is 23.0. The molecule has 2 amide bonds. The number of carbonyl (C=O) groups excluding carboxylic acids is 1. The Labute approximate surface area is 110 Å². The summed E-state index contributed by atoms with van der Waals surface area (Å²) in [6.07, 6.45) is 4.95. The second-order valence-electron chi connectivity index (χ2n) is 5.07. The van der Waals surface area contributed by atoms with E-state index in [1.165, 1.54) is 25.7 Å². The number of rotatable bonds is 1. The molecule has 0 aromatic heterocycles. The smallest absolute Gasteiger partial charge is 0.317 e. The van der Waals surface area contributed by atoms with Gasteiger partial charge >= 0.3 is 6.03 Å². The van der Waals surface area contributed by atoms with E-state index in [1.54, 1.807) is 0 Å². The van der Waals surface area contributed by atoms with Crippen molar-refractivity contribution in [3.63, 3.8) is 0 Å². The van der Waals surface area contributed by atoms with Gasteiger partial charge in [0.2, 0.25) is 0 Å². The first-order valence-electron chi connectivity index (χ1n) is 6.49. The van der Waals surface area contributed by atoms with E-state index in [-0.39, 0.29) is 18.4 Å². The standard InChI is InChI=1S/C12H23N3O.ClH/c1-2-14-11(16)15-9-5-12(6-10-15)3-7-13-8-4-12;/h13H,2-10H2,1H3,(H,14,16);1H. The minimum atomic E-state index is 0. The fraction of sp³-hybridized carbons (Fsp3) is 0.917. The lowest BCUT2D eigenvalue weighted by Crippen LogP contribution is -2.49. The molecule has 0 radical (unpaired) electrons. The van der Waals surface area contributed by atoms with Crippen molar-refractivity contribution in [2.45, 2.75) is 32.6 Å². The predicted octanol–water partition coefficient (Wildman–Crippen LogP) is 1.60. The second kappa shape index (κ2) is 6.45. The van der Waals surface area contributed by atoms with Gasteiger partial charge in [-0.2, -0.15) is 0 Å². The van der Waals surface area contributed by atoms with E-state index in [0.29, 0.717) is 5.41 Å². The fourth-order valence-corrected chi connectivity index (χ4v) is 2.90. The Balaban J connectivity index is 0.00000144. The Bertz CT molecular complexity index is 244. The van der Waals surface area contributed by atoms with E-state index < -0.39 is 0 Å². The van der Waals surface area contributed by atoms with Crippen molar-refractivity contribution >= 4 is 18.4 Å². The van der Waals surface area contributed by atoms with Crippen LogP contribution in [0.1, 0.15) is 32.6 Å². The van der Waals surface area contributed by atoms with Crippen molar-refractivity contribution < 1.29 is 4.79 Å². The van der Waals surface area contributed by atoms with Crippen molar-refractivity contribution in [3.05, 3.63) is 0 Å². The third-order valence-electron chi connectivity index (χ3n) is 4.10. The fourth-order valence-electron chi connectivity index (χ4n) is 2.90. The van der Waals surface area contributed by atoms with Crippen molar-refractivity contribution in [1.82, 2.24) is 15.5 Å². The number of carbonyl (C=O) groups is 1. The van der Waals surface area contributed by atoms with Crippen molar-refractivity contribution in [1.29, 1.82) is 0 Å². The highest BCUT2D eigenvalue weighted by Crippen LogP contribution is 2.39. The molecule has 0 unspecified atom stereocenters. The molecule has 2 fully saturated rings. The van der Waals surface area contributed by atoms with Gasteiger partial charge in [0.1, 0.15) is 0 Å². The van der Waals surface area contributed by atoms with Gasteiger partial charge in [-0.3, -0.25) is 0 Å². The number of nitrogens with one attached hydrogen (secondary N) is 2. The summed E-state index contributed by atoms with van der Waals surface area (Å²) < 4.78 is 0. The molecule has 0 aromatic rings. The summed E-state index contributed by atoms with van der Waals surface area (Å²) in [5.41, 5.74) is 0.536. The van der Waals surface area contributed by atoms with E-state index in [9.17, 15) is 4.79 Å². The summed E-state index contributed by atoms with van der Waals surface area (Å²) in [4.78, 5) is 13.6. The summed E-state index contributed by atoms with van der Waals surface area (Å²) in [6.45, 7) is 6.88. The number of hydrogen-bond donors (Lipinski definition) is 2. The first-order valence-corrected chi connectivity index (χ1v) is 6.49. The maximum Gasteiger partial charge on any atom is 0.317 e. The summed E-state index contributed by atoms with van der Waals surface area (Å²) in [5, 5.41) is 6.30. The lowest BCUT2D eigenvalue weighted by molar-refractivity contribution is 0.0876. The summed E-state index contributed by atoms with van der Waals surface area (Å²) in [6, 6.07) is 0.117. The van der Waals surface area contributed by atoms with Crippen LogP contribution in [0, 0.1) is 5.41 Å². The molecule has 0 saturated carbocycles. The molecule has 5 heteroatoms. The SMILES string of the molecule is CCNC(=O)N1CCC2(CCNCC2)CC1.Cl. The van der Waals surface area contributed by atoms with Crippen LogP contribution in [0.4, 0.5) is 4.79 Å². The van der Waals surface area contributed by atoms with Gasteiger partial charge in [-0.25, -0.2) is 4.79 Å². The van der Waals surface area contributed by atoms with E-state index >= 15 is 0 Å². The van der Waals surface area contributed by atoms with Crippen LogP contribution in [-0.4, -0.2) is 43.7 Å². The topological polar surface area (TPSA) is 44.4 Å². The molecule has 100 valence electrons. The Morgan fingerprint density at radius 3 is 2.35 bits per heavy atom. The molecule has 2 aliphatic rings. The molecular formula is C12H24ClN3O. The average molecular weight is 262 g/mol. The van der Waals surface area contributed by atoms with Crippen LogP contribution in [0.3, 0.4) is 0 Å². The second-order valence-corrected chi connectivity index (χ2v) is 5.07. The van der Waals surface area contributed by atoms with Crippen molar-refractivity contribution in [2.75, 3.05) is 32.7 Å². The van der Waals surface area contributed by atoms with Crippen molar-refractivity contribution in [3.8, 4) is 0 Å². The number of hydrogen-bond acceptors (Lipinski definition) is 2. The largest absolute Gasteiger partial charge is 0.338 e. The summed E-state index contributed by atoms with van der Waals surface area (Å²) in [5.74, 6) is 0. The zero-order valence-electron chi connectivity index (χ0n) is 10.6. The van der Waals surface area contributed by atoms with Crippen LogP contribution in [0.15, 0.2) is 0 Å². The van der Waals surface area contributed by atoms with Crippen LogP contribution >= 0.6 is 12.4 Å². The summed E-state index contributed by atoms with van der Waals surface area (Å²) >= 11 is 0. The molecule has 1 spiro atoms. The molecule has 0 atom stereocenters. The maximum atomic E-state index is 11.7. The van der Waals surface area contributed by atoms with Crippen molar-refractivity contribution in [2.24, 2.45) is 5.41 Å². The van der Waals surface area contributed by atoms with Crippen LogP contribution in [0.2, 0.25) is 0 Å². The molecule has 2 saturated heterocycles. The van der Waals surface area contributed by atoms with Gasteiger partial charge < -0.3 is 15.5 Å². The third kappa shape index (κ3) is 3.49. The molecule has 2 heterocycles. The molecule has 4 nitrogen and oxygen atoms in total. The summed E-state index contributed by atoms with van der Waals surface area (Å²) in [7, 11) is 0. The third-order valence-corrected chi connectivity index (χ3v) is 4.10. The Hall–Kier alpha value is -0.480. The molecule has 2 rings (SSSR count). The lowest BCUT2D eigenvalue weighted by Gasteiger charge is -2.44. The van der Waals surface area contributed by atoms with Gasteiger partial charge in [-0.05, 0) is 51.1 Å². The predicted molar refractivity (Wildman–Crippen MR) is 71.7 cm³/mol. The van der Waals surface area contributed by atoms with E-state index in [4.69, 9.17) is 0 Å². The van der Waals surface area contributed by atoms with Gasteiger partial charge in [0.15, 0.2) is 0 Å². The Morgan fingerprint density at radius 2 is 1.82 bits per heavy atom. The first kappa shape index (κ1) is 14.6. The number of urea groups is 1. The number of piperidine rings is 2. The van der Waals surface area contributed by atoms with Gasteiger partial charge in [-0.1, -0.05) is 0 Å². The molecule has 2 N–H and O–H groups in total. The van der Waals surface area contributed by atoms with Gasteiger partial charge in [0.25, 0.3) is 0 Å². The first-order chi connectivity index (χ1) is 7.76. The van der Waals surface area contributed by atoms with Crippen LogP contribution in [-0.2, 0) is 0 Å². The zero-order valence-corrected chi connectivity index (χ0v) is 11.4. The molecule has 0 aromatic carbocycles. The minimum Gasteiger partial charge on any atom is -0.338 e. The minimum absolute atomic E-state index is 0. The van der Waals surface area contributed by atoms with Gasteiger partial charge in [-0.15, -0.1) is 12.4 Å². The number of likely N-dealkylation sites (tertiary alicyclic amines) is 1. The quantitative estimate of drug-likeness (QED) is 0.753. The maximum absolute atomic E-state index is 11.7. The lowest BCUT2D eigenvalue weighted by atomic mass is 9.72. The highest BCUT2D eigenvalue weighted by molar-refractivity contribution is 5.85. The van der Waals surface area contributed by atoms with E-state index in [1.807, 2.05) is 11.8 Å². The molecule has 17 heavy (non-hydrogen) atoms. The van der Waals surface area contributed by atoms with Crippen LogP contribution < -0.4 is 10.6 Å². The number of halogens is 1. The molecule has 0 bridgehead atoms. The Morgan fingerprint density at radius 1 is 1.24 bits per heavy atom. The van der Waals surface area contributed by atoms with Crippen LogP contribution in [0.5, 0.6) is 0 Å². The average Bonchev–Trinajstić information content (AvgIpc) is 2.31. The highest BCUT2D eigenvalue weighted by Gasteiger charge is 2.36. The molecule has 2 aliphatic heterocycles. The Kier molecular flexibility index (Phi) is 5.53. The van der Waals surface area contributed by atoms with E-state index in [2.05, 4.69) is 10.6 Å². The number of nitrogens with zero attached hydrogens (tertiary/aromatic N) is 1. The zero-order chi connectivity index (χ0) is 11.4. The monoisotopic (exact) mass is 261 g/mol. The highest BCUT2D eigenvalue weighted by atomic mass is 35.5. The molecular weight excluding hydrogens is 238 g/mol. The van der Waals surface area contributed by atoms with Gasteiger partial charge in [0.05, 0.1) is 0 Å². The van der Waals surface area contributed by atoms with Crippen LogP contribution in [0.25, 0.3) is 0 Å². The number of amides is 2. The van der Waals surface area contributed by atoms with E-state index in [0.717, 1.165) is 32.7 Å². The molecule has 0 aliphatic carbocycles.